The van der Waals surface area contributed by atoms with Gasteiger partial charge in [-0.2, -0.15) is 0 Å². The fourth-order valence-electron chi connectivity index (χ4n) is 5.04. The summed E-state index contributed by atoms with van der Waals surface area (Å²) in [5.41, 5.74) is -2.36. The van der Waals surface area contributed by atoms with Gasteiger partial charge in [-0.05, 0) is 36.4 Å². The molecule has 1 aromatic heterocycles. The molecular weight excluding hydrogens is 594 g/mol. The van der Waals surface area contributed by atoms with E-state index in [1.165, 1.54) is 18.2 Å². The molecule has 2 heterocycles. The molecule has 14 nitrogen and oxygen atoms in total. The average molecular weight is 624 g/mol. The average Bonchev–Trinajstić information content (AvgIpc) is 3.02. The van der Waals surface area contributed by atoms with Crippen molar-refractivity contribution >= 4 is 29.1 Å². The van der Waals surface area contributed by atoms with Crippen molar-refractivity contribution in [3.63, 3.8) is 0 Å². The van der Waals surface area contributed by atoms with Crippen LogP contribution in [0.15, 0.2) is 69.9 Å². The molecule has 0 spiro atoms. The van der Waals surface area contributed by atoms with Gasteiger partial charge in [-0.25, -0.2) is 4.79 Å². The Balaban J connectivity index is 1.58. The van der Waals surface area contributed by atoms with Crippen molar-refractivity contribution in [2.75, 3.05) is 7.05 Å². The van der Waals surface area contributed by atoms with E-state index >= 15 is 0 Å². The van der Waals surface area contributed by atoms with Crippen LogP contribution in [0, 0.1) is 0 Å². The maximum Gasteiger partial charge on any atom is 0.343 e. The predicted molar refractivity (Wildman–Crippen MR) is 157 cm³/mol. The molecule has 0 saturated carbocycles. The van der Waals surface area contributed by atoms with Crippen molar-refractivity contribution in [2.45, 2.75) is 36.4 Å². The van der Waals surface area contributed by atoms with E-state index in [2.05, 4.69) is 5.32 Å². The predicted octanol–water partition coefficient (Wildman–Crippen LogP) is 0.926. The third-order valence-corrected chi connectivity index (χ3v) is 7.45. The number of aliphatic carboxylic acids is 1. The van der Waals surface area contributed by atoms with Crippen LogP contribution < -0.4 is 15.5 Å². The molecular formula is C31H29NO13. The first-order chi connectivity index (χ1) is 21.4. The summed E-state index contributed by atoms with van der Waals surface area (Å²) in [7, 11) is 1.14. The Kier molecular flexibility index (Phi) is 8.53. The molecule has 45 heavy (non-hydrogen) atoms. The highest BCUT2D eigenvalue weighted by molar-refractivity contribution is 5.90. The number of rotatable bonds is 8. The van der Waals surface area contributed by atoms with Crippen molar-refractivity contribution in [1.82, 2.24) is 5.32 Å². The van der Waals surface area contributed by atoms with E-state index in [4.69, 9.17) is 13.9 Å². The highest BCUT2D eigenvalue weighted by Crippen LogP contribution is 2.44. The van der Waals surface area contributed by atoms with Crippen LogP contribution in [0.5, 0.6) is 23.0 Å². The number of benzene rings is 3. The summed E-state index contributed by atoms with van der Waals surface area (Å²) in [4.78, 5) is 25.3. The van der Waals surface area contributed by atoms with Gasteiger partial charge in [0.05, 0.1) is 0 Å². The summed E-state index contributed by atoms with van der Waals surface area (Å²) in [6, 6.07) is 15.6. The number of phenolic OH excluding ortho intramolecular Hbond substituents is 3. The number of hydrogen-bond donors (Lipinski definition) is 9. The fraction of sp³-hybridized carbons (Fsp3) is 0.226. The quantitative estimate of drug-likeness (QED) is 0.0754. The first-order valence-corrected chi connectivity index (χ1v) is 13.5. The molecule has 14 heteroatoms. The van der Waals surface area contributed by atoms with Gasteiger partial charge in [0.25, 0.3) is 0 Å². The number of aliphatic hydroxyl groups is 4. The number of carbonyl (C=O) groups is 1. The molecule has 0 bridgehead atoms. The van der Waals surface area contributed by atoms with Gasteiger partial charge in [0.2, 0.25) is 17.6 Å². The van der Waals surface area contributed by atoms with Gasteiger partial charge in [0.15, 0.2) is 16.9 Å². The number of carboxylic acid groups (broad SMARTS) is 1. The molecule has 1 aliphatic heterocycles. The summed E-state index contributed by atoms with van der Waals surface area (Å²) in [5, 5.41) is 84.8. The fourth-order valence-corrected chi connectivity index (χ4v) is 5.04. The minimum Gasteiger partial charge on any atom is -0.508 e. The second kappa shape index (κ2) is 12.2. The smallest absolute Gasteiger partial charge is 0.343 e. The van der Waals surface area contributed by atoms with Gasteiger partial charge in [-0.15, -0.1) is 0 Å². The molecule has 6 atom stereocenters. The Morgan fingerprint density at radius 2 is 1.69 bits per heavy atom. The van der Waals surface area contributed by atoms with Crippen LogP contribution in [-0.4, -0.2) is 90.3 Å². The van der Waals surface area contributed by atoms with Crippen LogP contribution in [0.4, 0.5) is 0 Å². The summed E-state index contributed by atoms with van der Waals surface area (Å²) in [6.45, 7) is 0. The van der Waals surface area contributed by atoms with E-state index in [1.807, 2.05) is 30.3 Å². The van der Waals surface area contributed by atoms with Gasteiger partial charge in [-0.3, -0.25) is 10.1 Å². The van der Waals surface area contributed by atoms with Crippen molar-refractivity contribution in [1.29, 1.82) is 0 Å². The van der Waals surface area contributed by atoms with Crippen LogP contribution in [0.3, 0.4) is 0 Å². The largest absolute Gasteiger partial charge is 0.508 e. The Bertz CT molecular complexity index is 1820. The number of hydrogen-bond acceptors (Lipinski definition) is 13. The first kappa shape index (κ1) is 31.5. The number of aromatic hydroxyl groups is 3. The number of nitrogens with one attached hydrogen (secondary N) is 1. The van der Waals surface area contributed by atoms with Crippen molar-refractivity contribution < 1.29 is 59.5 Å². The second-order valence-corrected chi connectivity index (χ2v) is 10.3. The molecule has 9 N–H and O–H groups in total. The zero-order valence-corrected chi connectivity index (χ0v) is 23.4. The minimum atomic E-state index is -2.95. The van der Waals surface area contributed by atoms with Gasteiger partial charge in [0, 0.05) is 17.7 Å². The van der Waals surface area contributed by atoms with Crippen molar-refractivity contribution in [3.05, 3.63) is 82.0 Å². The zero-order valence-electron chi connectivity index (χ0n) is 23.4. The maximum absolute atomic E-state index is 13.1. The molecule has 0 radical (unpaired) electrons. The van der Waals surface area contributed by atoms with Crippen LogP contribution in [-0.2, 0) is 9.53 Å². The highest BCUT2D eigenvalue weighted by atomic mass is 16.7. The lowest BCUT2D eigenvalue weighted by atomic mass is 9.85. The normalized spacial score (nSPS) is 24.1. The summed E-state index contributed by atoms with van der Waals surface area (Å²) >= 11 is 0. The van der Waals surface area contributed by atoms with Gasteiger partial charge < -0.3 is 54.7 Å². The molecule has 236 valence electrons. The highest BCUT2D eigenvalue weighted by Gasteiger charge is 2.63. The lowest BCUT2D eigenvalue weighted by molar-refractivity contribution is -0.327. The van der Waals surface area contributed by atoms with E-state index in [0.717, 1.165) is 24.7 Å². The molecule has 0 amide bonds. The van der Waals surface area contributed by atoms with Gasteiger partial charge >= 0.3 is 5.97 Å². The molecule has 1 fully saturated rings. The standard InChI is InChI=1S/C31H29NO13/c1-32-29(40)31(30(41)42)27(39)25(37)26(38)28(45-31)44-21-13-20-22(24(36)23(21)35)18(34)12-19(43-20)17-10-9-16(33)11-15(17)8-7-14-5-3-2-4-6-14/h2-13,25-29,32-33,35-40H,1H3,(H,41,42)/t25-,26-,27+,28-,29-,31+/m1/s1. The van der Waals surface area contributed by atoms with Crippen LogP contribution in [0.2, 0.25) is 0 Å². The molecule has 1 aliphatic rings. The number of aliphatic hydroxyl groups excluding tert-OH is 4. The molecule has 5 rings (SSSR count). The number of likely N-dealkylation sites (N-methyl/N-ethyl adjacent to an activating group) is 1. The molecule has 4 aromatic rings. The maximum atomic E-state index is 13.1. The number of phenols is 3. The molecule has 1 saturated heterocycles. The number of carboxylic acids is 1. The topological polar surface area (TPSA) is 240 Å². The number of fused-ring (bicyclic) bond motifs is 1. The number of ether oxygens (including phenoxy) is 2. The van der Waals surface area contributed by atoms with Gasteiger partial charge in [-0.1, -0.05) is 42.5 Å². The molecule has 0 aliphatic carbocycles. The first-order valence-electron chi connectivity index (χ1n) is 13.5. The Labute approximate surface area is 253 Å². The summed E-state index contributed by atoms with van der Waals surface area (Å²) < 4.78 is 16.7. The van der Waals surface area contributed by atoms with Crippen LogP contribution >= 0.6 is 0 Å². The molecule has 0 unspecified atom stereocenters. The van der Waals surface area contributed by atoms with Crippen molar-refractivity contribution in [2.24, 2.45) is 0 Å². The van der Waals surface area contributed by atoms with E-state index in [0.29, 0.717) is 11.1 Å². The third kappa shape index (κ3) is 5.57. The second-order valence-electron chi connectivity index (χ2n) is 10.3. The Hall–Kier alpha value is -4.96. The lowest BCUT2D eigenvalue weighted by Gasteiger charge is -2.47. The summed E-state index contributed by atoms with van der Waals surface area (Å²) in [5.74, 6) is -4.68. The summed E-state index contributed by atoms with van der Waals surface area (Å²) in [6.07, 6.45) is -7.49. The van der Waals surface area contributed by atoms with Crippen LogP contribution in [0.25, 0.3) is 34.4 Å². The van der Waals surface area contributed by atoms with Crippen LogP contribution in [0.1, 0.15) is 11.1 Å². The molecule has 3 aromatic carbocycles. The monoisotopic (exact) mass is 623 g/mol. The SMILES string of the molecule is CN[C@H](O)[C@@]1(C(=O)O)O[C@@H](Oc2cc3oc(-c4ccc(O)cc4C=Cc4ccccc4)cc(=O)c3c(O)c2O)[C@H](O)[C@@H](O)[C@@H]1O. The zero-order chi connectivity index (χ0) is 32.6. The van der Waals surface area contributed by atoms with E-state index in [-0.39, 0.29) is 17.1 Å². The minimum absolute atomic E-state index is 0.00853. The Morgan fingerprint density at radius 3 is 2.36 bits per heavy atom. The lowest BCUT2D eigenvalue weighted by Crippen LogP contribution is -2.74. The Morgan fingerprint density at radius 1 is 0.978 bits per heavy atom. The van der Waals surface area contributed by atoms with E-state index < -0.39 is 70.5 Å². The van der Waals surface area contributed by atoms with Gasteiger partial charge in [0.1, 0.15) is 47.0 Å². The van der Waals surface area contributed by atoms with Crippen molar-refractivity contribution in [3.8, 4) is 34.3 Å². The van der Waals surface area contributed by atoms with E-state index in [1.54, 1.807) is 12.2 Å². The van der Waals surface area contributed by atoms with E-state index in [9.17, 15) is 50.4 Å². The third-order valence-electron chi connectivity index (χ3n) is 7.45.